The maximum atomic E-state index is 12.3. The number of anilines is 1. The molecular weight excluding hydrogens is 308 g/mol. The molecule has 4 nitrogen and oxygen atoms in total. The van der Waals surface area contributed by atoms with Gasteiger partial charge in [0.15, 0.2) is 0 Å². The van der Waals surface area contributed by atoms with Crippen LogP contribution in [0.3, 0.4) is 0 Å². The van der Waals surface area contributed by atoms with Crippen molar-refractivity contribution < 1.29 is 4.42 Å². The molecule has 0 aliphatic heterocycles. The van der Waals surface area contributed by atoms with E-state index in [1.54, 1.807) is 6.07 Å². The fourth-order valence-corrected chi connectivity index (χ4v) is 3.56. The number of benzene rings is 2. The van der Waals surface area contributed by atoms with Crippen LogP contribution in [0.5, 0.6) is 0 Å². The van der Waals surface area contributed by atoms with Crippen molar-refractivity contribution in [1.82, 2.24) is 0 Å². The van der Waals surface area contributed by atoms with E-state index in [4.69, 9.17) is 10.2 Å². The minimum Gasteiger partial charge on any atom is -0.422 e. The Labute approximate surface area is 135 Å². The zero-order valence-electron chi connectivity index (χ0n) is 11.9. The van der Waals surface area contributed by atoms with Gasteiger partial charge in [-0.25, -0.2) is 4.79 Å². The molecule has 2 heterocycles. The zero-order valence-corrected chi connectivity index (χ0v) is 12.7. The normalized spacial score (nSPS) is 10.9. The third kappa shape index (κ3) is 1.93. The number of nitrogens with zero attached hydrogens (tertiary/aromatic N) is 1. The Balaban J connectivity index is 2.28. The molecule has 0 spiro atoms. The number of nitrogen functional groups attached to an aromatic ring is 1. The van der Waals surface area contributed by atoms with Crippen molar-refractivity contribution in [2.75, 3.05) is 5.73 Å². The van der Waals surface area contributed by atoms with Crippen LogP contribution in [0.25, 0.3) is 32.2 Å². The number of nitriles is 1. The number of fused-ring (bicyclic) bond motifs is 3. The molecule has 0 fully saturated rings. The lowest BCUT2D eigenvalue weighted by molar-refractivity contribution is 0.570. The number of thiophene rings is 1. The summed E-state index contributed by atoms with van der Waals surface area (Å²) in [6.07, 6.45) is 0. The van der Waals surface area contributed by atoms with E-state index in [0.29, 0.717) is 16.5 Å². The molecule has 0 amide bonds. The zero-order chi connectivity index (χ0) is 16.0. The van der Waals surface area contributed by atoms with Crippen molar-refractivity contribution in [3.8, 4) is 16.5 Å². The highest BCUT2D eigenvalue weighted by molar-refractivity contribution is 7.13. The molecule has 0 aliphatic carbocycles. The highest BCUT2D eigenvalue weighted by atomic mass is 32.1. The van der Waals surface area contributed by atoms with E-state index in [0.717, 1.165) is 15.8 Å². The lowest BCUT2D eigenvalue weighted by Crippen LogP contribution is -2.06. The Morgan fingerprint density at radius 2 is 1.96 bits per heavy atom. The highest BCUT2D eigenvalue weighted by Gasteiger charge is 2.18. The SMILES string of the molecule is N#Cc1c(-c2cccs2)cc2c(c1N)c(=O)oc1ccccc12. The van der Waals surface area contributed by atoms with Crippen LogP contribution >= 0.6 is 11.3 Å². The molecule has 0 unspecified atom stereocenters. The molecule has 4 aromatic rings. The van der Waals surface area contributed by atoms with Crippen LogP contribution in [0.15, 0.2) is 57.1 Å². The molecule has 0 aliphatic rings. The Morgan fingerprint density at radius 3 is 2.70 bits per heavy atom. The summed E-state index contributed by atoms with van der Waals surface area (Å²) in [5, 5.41) is 13.2. The maximum absolute atomic E-state index is 12.3. The summed E-state index contributed by atoms with van der Waals surface area (Å²) in [6, 6.07) is 15.1. The van der Waals surface area contributed by atoms with Crippen LogP contribution in [0.2, 0.25) is 0 Å². The second-order valence-electron chi connectivity index (χ2n) is 5.11. The third-order valence-electron chi connectivity index (χ3n) is 3.85. The van der Waals surface area contributed by atoms with E-state index in [2.05, 4.69) is 6.07 Å². The Hall–Kier alpha value is -3.10. The average Bonchev–Trinajstić information content (AvgIpc) is 3.08. The predicted octanol–water partition coefficient (Wildman–Crippen LogP) is 4.13. The van der Waals surface area contributed by atoms with Gasteiger partial charge in [-0.05, 0) is 23.6 Å². The van der Waals surface area contributed by atoms with E-state index in [1.807, 2.05) is 41.8 Å². The van der Waals surface area contributed by atoms with Crippen molar-refractivity contribution in [2.45, 2.75) is 0 Å². The molecule has 0 saturated heterocycles. The third-order valence-corrected chi connectivity index (χ3v) is 4.75. The minimum atomic E-state index is -0.523. The van der Waals surface area contributed by atoms with E-state index in [9.17, 15) is 10.1 Å². The molecule has 23 heavy (non-hydrogen) atoms. The second kappa shape index (κ2) is 4.97. The van der Waals surface area contributed by atoms with Crippen LogP contribution in [-0.2, 0) is 0 Å². The predicted molar refractivity (Wildman–Crippen MR) is 92.4 cm³/mol. The average molecular weight is 318 g/mol. The first kappa shape index (κ1) is 13.6. The van der Waals surface area contributed by atoms with Gasteiger partial charge in [0, 0.05) is 21.2 Å². The molecule has 2 aromatic heterocycles. The number of para-hydroxylation sites is 1. The smallest absolute Gasteiger partial charge is 0.346 e. The highest BCUT2D eigenvalue weighted by Crippen LogP contribution is 2.37. The molecule has 4 rings (SSSR count). The van der Waals surface area contributed by atoms with E-state index in [1.165, 1.54) is 11.3 Å². The van der Waals surface area contributed by atoms with Crippen molar-refractivity contribution >= 4 is 38.8 Å². The van der Waals surface area contributed by atoms with Crippen LogP contribution in [0.4, 0.5) is 5.69 Å². The molecule has 2 N–H and O–H groups in total. The maximum Gasteiger partial charge on any atom is 0.346 e. The van der Waals surface area contributed by atoms with Gasteiger partial charge in [-0.2, -0.15) is 5.26 Å². The summed E-state index contributed by atoms with van der Waals surface area (Å²) in [5.41, 5.74) is 7.35. The van der Waals surface area contributed by atoms with Crippen LogP contribution < -0.4 is 11.4 Å². The molecule has 2 aromatic carbocycles. The number of hydrogen-bond acceptors (Lipinski definition) is 5. The summed E-state index contributed by atoms with van der Waals surface area (Å²) >= 11 is 1.52. The molecule has 0 atom stereocenters. The van der Waals surface area contributed by atoms with Gasteiger partial charge in [-0.1, -0.05) is 24.3 Å². The lowest BCUT2D eigenvalue weighted by Gasteiger charge is -2.10. The molecule has 0 bridgehead atoms. The largest absolute Gasteiger partial charge is 0.422 e. The summed E-state index contributed by atoms with van der Waals surface area (Å²) in [5.74, 6) is 0. The van der Waals surface area contributed by atoms with Gasteiger partial charge in [0.2, 0.25) is 0 Å². The Morgan fingerprint density at radius 1 is 1.13 bits per heavy atom. The summed E-state index contributed by atoms with van der Waals surface area (Å²) in [4.78, 5) is 13.3. The van der Waals surface area contributed by atoms with Crippen LogP contribution in [0, 0.1) is 11.3 Å². The van der Waals surface area contributed by atoms with Gasteiger partial charge in [-0.15, -0.1) is 11.3 Å². The summed E-state index contributed by atoms with van der Waals surface area (Å²) < 4.78 is 5.34. The topological polar surface area (TPSA) is 80.0 Å². The standard InChI is InChI=1S/C18H10N2O2S/c19-9-13-11(15-6-3-7-23-15)8-12-10-4-1-2-5-14(10)22-18(21)16(12)17(13)20/h1-8H,20H2. The quantitative estimate of drug-likeness (QED) is 0.325. The number of rotatable bonds is 1. The summed E-state index contributed by atoms with van der Waals surface area (Å²) in [7, 11) is 0. The van der Waals surface area contributed by atoms with E-state index < -0.39 is 5.63 Å². The number of hydrogen-bond donors (Lipinski definition) is 1. The van der Waals surface area contributed by atoms with Gasteiger partial charge < -0.3 is 10.2 Å². The molecular formula is C18H10N2O2S. The number of nitrogens with two attached hydrogens (primary N) is 1. The lowest BCUT2D eigenvalue weighted by atomic mass is 9.97. The van der Waals surface area contributed by atoms with Gasteiger partial charge in [-0.3, -0.25) is 0 Å². The minimum absolute atomic E-state index is 0.174. The first-order chi connectivity index (χ1) is 11.2. The summed E-state index contributed by atoms with van der Waals surface area (Å²) in [6.45, 7) is 0. The Bertz CT molecular complexity index is 1150. The van der Waals surface area contributed by atoms with Gasteiger partial charge >= 0.3 is 5.63 Å². The van der Waals surface area contributed by atoms with E-state index >= 15 is 0 Å². The molecule has 110 valence electrons. The van der Waals surface area contributed by atoms with Crippen LogP contribution in [-0.4, -0.2) is 0 Å². The molecule has 0 radical (unpaired) electrons. The van der Waals surface area contributed by atoms with E-state index in [-0.39, 0.29) is 11.1 Å². The molecule has 5 heteroatoms. The van der Waals surface area contributed by atoms with Gasteiger partial charge in [0.25, 0.3) is 0 Å². The fourth-order valence-electron chi connectivity index (χ4n) is 2.81. The van der Waals surface area contributed by atoms with Gasteiger partial charge in [0.05, 0.1) is 16.6 Å². The van der Waals surface area contributed by atoms with Crippen molar-refractivity contribution in [1.29, 1.82) is 5.26 Å². The van der Waals surface area contributed by atoms with Crippen LogP contribution in [0.1, 0.15) is 5.56 Å². The first-order valence-corrected chi connectivity index (χ1v) is 7.80. The molecule has 0 saturated carbocycles. The second-order valence-corrected chi connectivity index (χ2v) is 6.06. The monoisotopic (exact) mass is 318 g/mol. The van der Waals surface area contributed by atoms with Crippen molar-refractivity contribution in [3.05, 3.63) is 63.8 Å². The van der Waals surface area contributed by atoms with Crippen molar-refractivity contribution in [2.24, 2.45) is 0 Å². The van der Waals surface area contributed by atoms with Gasteiger partial charge in [0.1, 0.15) is 11.7 Å². The fraction of sp³-hybridized carbons (Fsp3) is 0. The first-order valence-electron chi connectivity index (χ1n) is 6.92. The Kier molecular flexibility index (Phi) is 2.93. The van der Waals surface area contributed by atoms with Crippen molar-refractivity contribution in [3.63, 3.8) is 0 Å².